The molecule has 0 aromatic heterocycles. The van der Waals surface area contributed by atoms with Crippen LogP contribution in [0.5, 0.6) is 0 Å². The average Bonchev–Trinajstić information content (AvgIpc) is 3.35. The molecule has 2 amide bonds. The van der Waals surface area contributed by atoms with E-state index in [4.69, 9.17) is 0 Å². The van der Waals surface area contributed by atoms with Gasteiger partial charge in [-0.25, -0.2) is 0 Å². The van der Waals surface area contributed by atoms with Gasteiger partial charge in [-0.2, -0.15) is 0 Å². The highest BCUT2D eigenvalue weighted by Gasteiger charge is 2.35. The van der Waals surface area contributed by atoms with Crippen LogP contribution in [-0.4, -0.2) is 29.8 Å². The van der Waals surface area contributed by atoms with Crippen molar-refractivity contribution in [2.45, 2.75) is 32.6 Å². The predicted octanol–water partition coefficient (Wildman–Crippen LogP) is 3.34. The van der Waals surface area contributed by atoms with Crippen molar-refractivity contribution in [1.82, 2.24) is 4.90 Å². The third-order valence-corrected chi connectivity index (χ3v) is 5.40. The number of benzene rings is 1. The van der Waals surface area contributed by atoms with Crippen molar-refractivity contribution < 1.29 is 9.59 Å². The zero-order valence-corrected chi connectivity index (χ0v) is 14.4. The van der Waals surface area contributed by atoms with Gasteiger partial charge in [0.15, 0.2) is 0 Å². The molecule has 5 heteroatoms. The molecule has 0 bridgehead atoms. The fraction of sp³-hybridized carbons (Fsp3) is 0.529. The molecule has 3 rings (SSSR count). The minimum Gasteiger partial charge on any atom is -0.342 e. The molecular weight excluding hydrogens is 344 g/mol. The Balaban J connectivity index is 1.53. The summed E-state index contributed by atoms with van der Waals surface area (Å²) in [5, 5.41) is 2.99. The molecule has 22 heavy (non-hydrogen) atoms. The van der Waals surface area contributed by atoms with Gasteiger partial charge in [-0.1, -0.05) is 22.0 Å². The van der Waals surface area contributed by atoms with E-state index in [-0.39, 0.29) is 17.7 Å². The Morgan fingerprint density at radius 1 is 1.14 bits per heavy atom. The lowest BCUT2D eigenvalue weighted by molar-refractivity contribution is -0.135. The Morgan fingerprint density at radius 3 is 2.41 bits per heavy atom. The topological polar surface area (TPSA) is 49.4 Å². The van der Waals surface area contributed by atoms with Gasteiger partial charge in [0, 0.05) is 35.1 Å². The SMILES string of the molecule is Cc1ccc(NC(=O)C2CCN(C(=O)C3CC3)CC2)cc1Br. The number of aryl methyl sites for hydroxylation is 1. The molecule has 1 saturated heterocycles. The van der Waals surface area contributed by atoms with E-state index in [0.717, 1.165) is 41.4 Å². The Kier molecular flexibility index (Phi) is 4.52. The first-order valence-electron chi connectivity index (χ1n) is 7.90. The number of piperidine rings is 1. The second kappa shape index (κ2) is 6.41. The number of rotatable bonds is 3. The highest BCUT2D eigenvalue weighted by Crippen LogP contribution is 2.32. The minimum atomic E-state index is 0.00308. The molecular formula is C17H21BrN2O2. The normalized spacial score (nSPS) is 19.1. The number of hydrogen-bond acceptors (Lipinski definition) is 2. The van der Waals surface area contributed by atoms with Crippen LogP contribution >= 0.6 is 15.9 Å². The Bertz CT molecular complexity index is 590. The van der Waals surface area contributed by atoms with Crippen LogP contribution in [0.4, 0.5) is 5.69 Å². The van der Waals surface area contributed by atoms with Gasteiger partial charge in [-0.05, 0) is 50.3 Å². The minimum absolute atomic E-state index is 0.00308. The van der Waals surface area contributed by atoms with Crippen molar-refractivity contribution in [2.24, 2.45) is 11.8 Å². The molecule has 1 aromatic carbocycles. The molecule has 1 aliphatic carbocycles. The standard InChI is InChI=1S/C17H21BrN2O2/c1-11-2-5-14(10-15(11)18)19-16(21)12-6-8-20(9-7-12)17(22)13-3-4-13/h2,5,10,12-13H,3-4,6-9H2,1H3,(H,19,21). The molecule has 1 N–H and O–H groups in total. The number of nitrogens with zero attached hydrogens (tertiary/aromatic N) is 1. The molecule has 2 aliphatic rings. The van der Waals surface area contributed by atoms with Gasteiger partial charge in [-0.15, -0.1) is 0 Å². The lowest BCUT2D eigenvalue weighted by Gasteiger charge is -2.31. The summed E-state index contributed by atoms with van der Waals surface area (Å²) in [7, 11) is 0. The number of amides is 2. The van der Waals surface area contributed by atoms with Gasteiger partial charge in [0.05, 0.1) is 0 Å². The van der Waals surface area contributed by atoms with Crippen molar-refractivity contribution in [1.29, 1.82) is 0 Å². The summed E-state index contributed by atoms with van der Waals surface area (Å²) in [6, 6.07) is 5.83. The van der Waals surface area contributed by atoms with Crippen LogP contribution in [0.15, 0.2) is 22.7 Å². The van der Waals surface area contributed by atoms with Crippen molar-refractivity contribution in [3.05, 3.63) is 28.2 Å². The molecule has 2 fully saturated rings. The zero-order valence-electron chi connectivity index (χ0n) is 12.8. The number of halogens is 1. The smallest absolute Gasteiger partial charge is 0.227 e. The predicted molar refractivity (Wildman–Crippen MR) is 89.5 cm³/mol. The van der Waals surface area contributed by atoms with E-state index in [9.17, 15) is 9.59 Å². The van der Waals surface area contributed by atoms with Crippen LogP contribution in [0.1, 0.15) is 31.2 Å². The highest BCUT2D eigenvalue weighted by molar-refractivity contribution is 9.10. The summed E-state index contributed by atoms with van der Waals surface area (Å²) in [5.41, 5.74) is 1.96. The molecule has 118 valence electrons. The molecule has 1 aromatic rings. The quantitative estimate of drug-likeness (QED) is 0.893. The largest absolute Gasteiger partial charge is 0.342 e. The summed E-state index contributed by atoms with van der Waals surface area (Å²) in [6.45, 7) is 3.44. The van der Waals surface area contributed by atoms with Crippen LogP contribution < -0.4 is 5.32 Å². The van der Waals surface area contributed by atoms with Crippen LogP contribution in [0, 0.1) is 18.8 Å². The molecule has 1 saturated carbocycles. The van der Waals surface area contributed by atoms with E-state index < -0.39 is 0 Å². The lowest BCUT2D eigenvalue weighted by Crippen LogP contribution is -2.42. The summed E-state index contributed by atoms with van der Waals surface area (Å²) >= 11 is 3.48. The number of likely N-dealkylation sites (tertiary alicyclic amines) is 1. The van der Waals surface area contributed by atoms with Gasteiger partial charge >= 0.3 is 0 Å². The van der Waals surface area contributed by atoms with Gasteiger partial charge in [-0.3, -0.25) is 9.59 Å². The molecule has 0 unspecified atom stereocenters. The maximum Gasteiger partial charge on any atom is 0.227 e. The Morgan fingerprint density at radius 2 is 1.82 bits per heavy atom. The molecule has 1 heterocycles. The second-order valence-electron chi connectivity index (χ2n) is 6.33. The Labute approximate surface area is 139 Å². The van der Waals surface area contributed by atoms with E-state index in [0.29, 0.717) is 19.0 Å². The molecule has 4 nitrogen and oxygen atoms in total. The van der Waals surface area contributed by atoms with Gasteiger partial charge in [0.1, 0.15) is 0 Å². The zero-order chi connectivity index (χ0) is 15.7. The van der Waals surface area contributed by atoms with E-state index in [1.54, 1.807) is 0 Å². The number of carbonyl (C=O) groups is 2. The highest BCUT2D eigenvalue weighted by atomic mass is 79.9. The van der Waals surface area contributed by atoms with Crippen LogP contribution in [0.25, 0.3) is 0 Å². The van der Waals surface area contributed by atoms with E-state index in [2.05, 4.69) is 21.2 Å². The van der Waals surface area contributed by atoms with E-state index >= 15 is 0 Å². The molecule has 0 radical (unpaired) electrons. The number of carbonyl (C=O) groups excluding carboxylic acids is 2. The first-order chi connectivity index (χ1) is 10.5. The molecule has 1 aliphatic heterocycles. The van der Waals surface area contributed by atoms with Gasteiger partial charge in [0.25, 0.3) is 0 Å². The van der Waals surface area contributed by atoms with Gasteiger partial charge in [0.2, 0.25) is 11.8 Å². The summed E-state index contributed by atoms with van der Waals surface area (Å²) in [4.78, 5) is 26.3. The maximum absolute atomic E-state index is 12.4. The fourth-order valence-electron chi connectivity index (χ4n) is 2.87. The van der Waals surface area contributed by atoms with Crippen molar-refractivity contribution in [3.8, 4) is 0 Å². The van der Waals surface area contributed by atoms with E-state index in [1.807, 2.05) is 30.0 Å². The monoisotopic (exact) mass is 364 g/mol. The first-order valence-corrected chi connectivity index (χ1v) is 8.69. The summed E-state index contributed by atoms with van der Waals surface area (Å²) in [5.74, 6) is 0.634. The average molecular weight is 365 g/mol. The fourth-order valence-corrected chi connectivity index (χ4v) is 3.24. The van der Waals surface area contributed by atoms with E-state index in [1.165, 1.54) is 0 Å². The number of anilines is 1. The number of nitrogens with one attached hydrogen (secondary N) is 1. The lowest BCUT2D eigenvalue weighted by atomic mass is 9.95. The molecule has 0 atom stereocenters. The summed E-state index contributed by atoms with van der Waals surface area (Å²) in [6.07, 6.45) is 3.61. The third kappa shape index (κ3) is 3.51. The number of hydrogen-bond donors (Lipinski definition) is 1. The van der Waals surface area contributed by atoms with Crippen molar-refractivity contribution in [2.75, 3.05) is 18.4 Å². The van der Waals surface area contributed by atoms with Gasteiger partial charge < -0.3 is 10.2 Å². The van der Waals surface area contributed by atoms with Crippen LogP contribution in [0.3, 0.4) is 0 Å². The summed E-state index contributed by atoms with van der Waals surface area (Å²) < 4.78 is 0.996. The maximum atomic E-state index is 12.4. The Hall–Kier alpha value is -1.36. The molecule has 0 spiro atoms. The first kappa shape index (κ1) is 15.5. The second-order valence-corrected chi connectivity index (χ2v) is 7.18. The van der Waals surface area contributed by atoms with Crippen molar-refractivity contribution >= 4 is 33.4 Å². The van der Waals surface area contributed by atoms with Crippen molar-refractivity contribution in [3.63, 3.8) is 0 Å². The van der Waals surface area contributed by atoms with Crippen LogP contribution in [-0.2, 0) is 9.59 Å². The third-order valence-electron chi connectivity index (χ3n) is 4.54. The van der Waals surface area contributed by atoms with Crippen LogP contribution in [0.2, 0.25) is 0 Å².